The Balaban J connectivity index is 2.00. The Hall–Kier alpha value is -3.65. The lowest BCUT2D eigenvalue weighted by molar-refractivity contribution is -0.626. The fourth-order valence-corrected chi connectivity index (χ4v) is 3.36. The van der Waals surface area contributed by atoms with E-state index in [4.69, 9.17) is 0 Å². The van der Waals surface area contributed by atoms with Gasteiger partial charge in [0.15, 0.2) is 0 Å². The van der Waals surface area contributed by atoms with Crippen LogP contribution in [0.4, 0.5) is 0 Å². The molecule has 0 bridgehead atoms. The quantitative estimate of drug-likeness (QED) is 0.343. The molecule has 136 valence electrons. The lowest BCUT2D eigenvalue weighted by Gasteiger charge is -2.12. The molecule has 0 fully saturated rings. The zero-order chi connectivity index (χ0) is 19.2. The maximum Gasteiger partial charge on any atom is 0.243 e. The van der Waals surface area contributed by atoms with Crippen LogP contribution in [0.3, 0.4) is 0 Å². The molecule has 0 saturated heterocycles. The molecule has 0 saturated carbocycles. The Bertz CT molecular complexity index is 995. The third-order valence-electron chi connectivity index (χ3n) is 4.71. The van der Waals surface area contributed by atoms with Gasteiger partial charge in [0.2, 0.25) is 11.4 Å². The van der Waals surface area contributed by atoms with Gasteiger partial charge >= 0.3 is 0 Å². The van der Waals surface area contributed by atoms with E-state index in [0.717, 1.165) is 22.5 Å². The molecule has 0 aliphatic rings. The largest absolute Gasteiger partial charge is 0.243 e. The highest BCUT2D eigenvalue weighted by Crippen LogP contribution is 2.28. The van der Waals surface area contributed by atoms with Gasteiger partial charge in [0, 0.05) is 23.3 Å². The molecule has 0 aliphatic carbocycles. The van der Waals surface area contributed by atoms with E-state index in [1.165, 1.54) is 11.1 Å². The second-order valence-electron chi connectivity index (χ2n) is 6.60. The van der Waals surface area contributed by atoms with Crippen molar-refractivity contribution in [3.05, 3.63) is 116 Å². The lowest BCUT2D eigenvalue weighted by atomic mass is 10.00. The van der Waals surface area contributed by atoms with Crippen LogP contribution in [0, 0.1) is 0 Å². The number of nitrogens with one attached hydrogen (secondary N) is 1. The molecule has 0 aliphatic heterocycles. The molecule has 4 rings (SSSR count). The monoisotopic (exact) mass is 363 g/mol. The zero-order valence-electron chi connectivity index (χ0n) is 15.8. The summed E-state index contributed by atoms with van der Waals surface area (Å²) in [5.74, 6) is 0. The van der Waals surface area contributed by atoms with E-state index in [-0.39, 0.29) is 0 Å². The average Bonchev–Trinajstić information content (AvgIpc) is 2.79. The molecule has 4 aromatic rings. The minimum atomic E-state index is 0.676. The van der Waals surface area contributed by atoms with Crippen molar-refractivity contribution >= 4 is 0 Å². The maximum absolute atomic E-state index is 3.87. The standard InChI is InChI=1S/C26H23N2/c1-2-18-27-28-25(22-14-8-4-9-15-22)19-24(21-12-6-3-7-13-21)20-26(28)23-16-10-5-11-17-23/h2-17,19-20,27H,1,18H2/q+1. The average molecular weight is 363 g/mol. The Morgan fingerprint density at radius 3 is 1.46 bits per heavy atom. The number of hydrogen-bond donors (Lipinski definition) is 1. The molecule has 1 N–H and O–H groups in total. The van der Waals surface area contributed by atoms with Gasteiger partial charge in [0.1, 0.15) is 0 Å². The van der Waals surface area contributed by atoms with Crippen LogP contribution in [0.15, 0.2) is 116 Å². The molecule has 0 unspecified atom stereocenters. The van der Waals surface area contributed by atoms with Gasteiger partial charge in [-0.25, -0.2) is 0 Å². The number of benzene rings is 3. The third kappa shape index (κ3) is 3.72. The van der Waals surface area contributed by atoms with E-state index in [0.29, 0.717) is 6.54 Å². The van der Waals surface area contributed by atoms with E-state index in [2.05, 4.69) is 108 Å². The molecule has 0 atom stereocenters. The van der Waals surface area contributed by atoms with Gasteiger partial charge in [0.25, 0.3) is 0 Å². The van der Waals surface area contributed by atoms with Crippen LogP contribution >= 0.6 is 0 Å². The van der Waals surface area contributed by atoms with Crippen molar-refractivity contribution in [2.75, 3.05) is 12.0 Å². The first-order valence-electron chi connectivity index (χ1n) is 9.48. The maximum atomic E-state index is 3.87. The Labute approximate surface area is 166 Å². The number of nitrogens with zero attached hydrogens (tertiary/aromatic N) is 1. The van der Waals surface area contributed by atoms with Crippen molar-refractivity contribution in [2.24, 2.45) is 0 Å². The molecular formula is C26H23N2+. The van der Waals surface area contributed by atoms with Gasteiger partial charge in [-0.1, -0.05) is 77.5 Å². The summed E-state index contributed by atoms with van der Waals surface area (Å²) in [7, 11) is 0. The molecule has 1 aromatic heterocycles. The predicted molar refractivity (Wildman–Crippen MR) is 117 cm³/mol. The molecule has 28 heavy (non-hydrogen) atoms. The van der Waals surface area contributed by atoms with Crippen molar-refractivity contribution in [2.45, 2.75) is 0 Å². The van der Waals surface area contributed by atoms with Crippen LogP contribution in [0.2, 0.25) is 0 Å². The summed E-state index contributed by atoms with van der Waals surface area (Å²) < 4.78 is 2.17. The summed E-state index contributed by atoms with van der Waals surface area (Å²) in [6, 6.07) is 36.0. The first-order chi connectivity index (χ1) is 13.9. The zero-order valence-corrected chi connectivity index (χ0v) is 15.8. The van der Waals surface area contributed by atoms with Crippen LogP contribution in [0.25, 0.3) is 33.6 Å². The highest BCUT2D eigenvalue weighted by Gasteiger charge is 2.22. The van der Waals surface area contributed by atoms with E-state index in [9.17, 15) is 0 Å². The molecule has 3 aromatic carbocycles. The summed E-state index contributed by atoms with van der Waals surface area (Å²) >= 11 is 0. The van der Waals surface area contributed by atoms with E-state index < -0.39 is 0 Å². The minimum absolute atomic E-state index is 0.676. The first-order valence-corrected chi connectivity index (χ1v) is 9.48. The van der Waals surface area contributed by atoms with Crippen molar-refractivity contribution in [1.82, 2.24) is 0 Å². The Morgan fingerprint density at radius 2 is 1.04 bits per heavy atom. The molecular weight excluding hydrogens is 340 g/mol. The van der Waals surface area contributed by atoms with Gasteiger partial charge in [-0.15, -0.1) is 6.58 Å². The van der Waals surface area contributed by atoms with Crippen LogP contribution in [-0.2, 0) is 0 Å². The molecule has 2 heteroatoms. The molecule has 0 radical (unpaired) electrons. The highest BCUT2D eigenvalue weighted by molar-refractivity contribution is 5.73. The SMILES string of the molecule is C=CCN[n+]1c(-c2ccccc2)cc(-c2ccccc2)cc1-c1ccccc1. The van der Waals surface area contributed by atoms with Crippen molar-refractivity contribution < 1.29 is 4.68 Å². The van der Waals surface area contributed by atoms with Crippen LogP contribution in [0.5, 0.6) is 0 Å². The van der Waals surface area contributed by atoms with Gasteiger partial charge < -0.3 is 0 Å². The van der Waals surface area contributed by atoms with Gasteiger partial charge in [-0.3, -0.25) is 0 Å². The second-order valence-corrected chi connectivity index (χ2v) is 6.60. The lowest BCUT2D eigenvalue weighted by Crippen LogP contribution is -2.49. The topological polar surface area (TPSA) is 15.9 Å². The Kier molecular flexibility index (Phi) is 5.30. The van der Waals surface area contributed by atoms with Gasteiger partial charge in [0.05, 0.1) is 6.54 Å². The number of hydrogen-bond acceptors (Lipinski definition) is 1. The highest BCUT2D eigenvalue weighted by atomic mass is 15.4. The third-order valence-corrected chi connectivity index (χ3v) is 4.71. The van der Waals surface area contributed by atoms with Gasteiger partial charge in [-0.2, -0.15) is 5.43 Å². The van der Waals surface area contributed by atoms with E-state index in [1.54, 1.807) is 0 Å². The summed E-state index contributed by atoms with van der Waals surface area (Å²) in [6.45, 7) is 4.55. The normalized spacial score (nSPS) is 10.4. The van der Waals surface area contributed by atoms with Crippen molar-refractivity contribution in [3.8, 4) is 33.6 Å². The van der Waals surface area contributed by atoms with Crippen LogP contribution in [-0.4, -0.2) is 6.54 Å². The van der Waals surface area contributed by atoms with Crippen LogP contribution < -0.4 is 10.1 Å². The minimum Gasteiger partial charge on any atom is -0.188 e. The summed E-state index contributed by atoms with van der Waals surface area (Å²) in [5, 5.41) is 0. The smallest absolute Gasteiger partial charge is 0.188 e. The molecule has 2 nitrogen and oxygen atoms in total. The fraction of sp³-hybridized carbons (Fsp3) is 0.0385. The predicted octanol–water partition coefficient (Wildman–Crippen LogP) is 5.70. The fourth-order valence-electron chi connectivity index (χ4n) is 3.36. The molecule has 0 amide bonds. The van der Waals surface area contributed by atoms with E-state index >= 15 is 0 Å². The summed E-state index contributed by atoms with van der Waals surface area (Å²) in [5.41, 5.74) is 10.4. The van der Waals surface area contributed by atoms with Crippen LogP contribution in [0.1, 0.15) is 0 Å². The van der Waals surface area contributed by atoms with E-state index in [1.807, 2.05) is 18.2 Å². The summed E-state index contributed by atoms with van der Waals surface area (Å²) in [6.07, 6.45) is 1.88. The second kappa shape index (κ2) is 8.36. The van der Waals surface area contributed by atoms with Crippen molar-refractivity contribution in [1.29, 1.82) is 0 Å². The Morgan fingerprint density at radius 1 is 0.607 bits per heavy atom. The van der Waals surface area contributed by atoms with Crippen molar-refractivity contribution in [3.63, 3.8) is 0 Å². The van der Waals surface area contributed by atoms with Gasteiger partial charge in [-0.05, 0) is 35.4 Å². The first kappa shape index (κ1) is 17.7. The summed E-state index contributed by atoms with van der Waals surface area (Å²) in [4.78, 5) is 0. The number of aromatic nitrogens is 1. The number of pyridine rings is 1. The number of rotatable bonds is 6. The molecule has 0 spiro atoms. The molecule has 1 heterocycles.